The fourth-order valence-electron chi connectivity index (χ4n) is 1.74. The molecule has 0 saturated carbocycles. The summed E-state index contributed by atoms with van der Waals surface area (Å²) in [6.07, 6.45) is 1.63. The second-order valence-electron chi connectivity index (χ2n) is 4.76. The van der Waals surface area contributed by atoms with E-state index >= 15 is 0 Å². The molecule has 1 aromatic heterocycles. The number of nitrogens with zero attached hydrogens (tertiary/aromatic N) is 5. The Bertz CT molecular complexity index is 701. The summed E-state index contributed by atoms with van der Waals surface area (Å²) < 4.78 is 1.34. The van der Waals surface area contributed by atoms with Crippen LogP contribution in [0, 0.1) is 21.4 Å². The van der Waals surface area contributed by atoms with Crippen LogP contribution in [0.2, 0.25) is 0 Å². The Morgan fingerprint density at radius 3 is 2.90 bits per heavy atom. The number of hydrogen-bond donors (Lipinski definition) is 1. The van der Waals surface area contributed by atoms with E-state index in [4.69, 9.17) is 5.26 Å². The molecule has 2 aromatic rings. The first-order chi connectivity index (χ1) is 10.0. The van der Waals surface area contributed by atoms with Crippen molar-refractivity contribution in [2.45, 2.75) is 26.4 Å². The molecule has 21 heavy (non-hydrogen) atoms. The molecule has 0 saturated heterocycles. The largest absolute Gasteiger partial charge is 0.309 e. The number of nitriles is 1. The second-order valence-corrected chi connectivity index (χ2v) is 4.76. The van der Waals surface area contributed by atoms with Crippen LogP contribution in [0.4, 0.5) is 5.69 Å². The van der Waals surface area contributed by atoms with Crippen LogP contribution < -0.4 is 5.32 Å². The average Bonchev–Trinajstić information content (AvgIpc) is 2.93. The third-order valence-corrected chi connectivity index (χ3v) is 2.78. The minimum absolute atomic E-state index is 0.178. The van der Waals surface area contributed by atoms with Gasteiger partial charge in [-0.2, -0.15) is 5.26 Å². The van der Waals surface area contributed by atoms with Gasteiger partial charge in [0.2, 0.25) is 0 Å². The fraction of sp³-hybridized carbons (Fsp3) is 0.308. The van der Waals surface area contributed by atoms with Crippen LogP contribution >= 0.6 is 0 Å². The van der Waals surface area contributed by atoms with Gasteiger partial charge in [-0.3, -0.25) is 10.1 Å². The number of nitro groups is 1. The van der Waals surface area contributed by atoms with Gasteiger partial charge in [0, 0.05) is 18.7 Å². The lowest BCUT2D eigenvalue weighted by Gasteiger charge is -2.04. The maximum atomic E-state index is 11.1. The lowest BCUT2D eigenvalue weighted by atomic mass is 10.2. The summed E-state index contributed by atoms with van der Waals surface area (Å²) in [5, 5.41) is 31.0. The third-order valence-electron chi connectivity index (χ3n) is 2.78. The molecule has 0 radical (unpaired) electrons. The zero-order valence-electron chi connectivity index (χ0n) is 11.6. The van der Waals surface area contributed by atoms with Gasteiger partial charge < -0.3 is 5.32 Å². The van der Waals surface area contributed by atoms with E-state index < -0.39 is 4.92 Å². The van der Waals surface area contributed by atoms with E-state index in [0.29, 0.717) is 18.3 Å². The minimum Gasteiger partial charge on any atom is -0.309 e. The molecule has 0 aliphatic heterocycles. The first-order valence-corrected chi connectivity index (χ1v) is 6.34. The number of aromatic nitrogens is 3. The van der Waals surface area contributed by atoms with Gasteiger partial charge in [0.05, 0.1) is 28.4 Å². The maximum Gasteiger partial charge on any atom is 0.296 e. The van der Waals surface area contributed by atoms with Crippen molar-refractivity contribution in [1.29, 1.82) is 5.26 Å². The van der Waals surface area contributed by atoms with Gasteiger partial charge in [-0.15, -0.1) is 5.10 Å². The minimum atomic E-state index is -0.538. The maximum absolute atomic E-state index is 11.1. The number of rotatable bonds is 5. The normalized spacial score (nSPS) is 10.6. The Labute approximate surface area is 121 Å². The van der Waals surface area contributed by atoms with Crippen LogP contribution in [0.15, 0.2) is 24.4 Å². The molecule has 2 rings (SSSR count). The topological polar surface area (TPSA) is 110 Å². The molecule has 1 heterocycles. The molecule has 0 aliphatic carbocycles. The zero-order valence-corrected chi connectivity index (χ0v) is 11.6. The lowest BCUT2D eigenvalue weighted by Crippen LogP contribution is -2.21. The predicted octanol–water partition coefficient (Wildman–Crippen LogP) is 1.55. The van der Waals surface area contributed by atoms with Crippen LogP contribution in [0.5, 0.6) is 0 Å². The highest BCUT2D eigenvalue weighted by Gasteiger charge is 2.17. The fourth-order valence-corrected chi connectivity index (χ4v) is 1.74. The highest BCUT2D eigenvalue weighted by atomic mass is 16.6. The van der Waals surface area contributed by atoms with Gasteiger partial charge in [0.25, 0.3) is 5.69 Å². The molecule has 0 amide bonds. The van der Waals surface area contributed by atoms with E-state index in [1.807, 2.05) is 19.9 Å². The molecule has 8 nitrogen and oxygen atoms in total. The zero-order chi connectivity index (χ0) is 15.4. The van der Waals surface area contributed by atoms with E-state index in [1.165, 1.54) is 22.9 Å². The van der Waals surface area contributed by atoms with Crippen LogP contribution in [-0.4, -0.2) is 26.0 Å². The summed E-state index contributed by atoms with van der Waals surface area (Å²) in [4.78, 5) is 10.6. The average molecular weight is 286 g/mol. The van der Waals surface area contributed by atoms with Crippen molar-refractivity contribution < 1.29 is 4.92 Å². The summed E-state index contributed by atoms with van der Waals surface area (Å²) in [5.41, 5.74) is 1.01. The monoisotopic (exact) mass is 286 g/mol. The Balaban J connectivity index is 2.34. The van der Waals surface area contributed by atoms with Gasteiger partial charge in [0.15, 0.2) is 0 Å². The molecular weight excluding hydrogens is 272 g/mol. The molecule has 0 spiro atoms. The molecule has 0 aliphatic rings. The molecule has 0 unspecified atom stereocenters. The number of hydrogen-bond acceptors (Lipinski definition) is 6. The smallest absolute Gasteiger partial charge is 0.296 e. The molecule has 1 aromatic carbocycles. The van der Waals surface area contributed by atoms with Crippen LogP contribution in [0.25, 0.3) is 5.69 Å². The first-order valence-electron chi connectivity index (χ1n) is 6.34. The first kappa shape index (κ1) is 14.6. The van der Waals surface area contributed by atoms with Crippen molar-refractivity contribution in [2.75, 3.05) is 0 Å². The van der Waals surface area contributed by atoms with Gasteiger partial charge in [0.1, 0.15) is 5.69 Å². The van der Waals surface area contributed by atoms with Gasteiger partial charge in [-0.25, -0.2) is 4.68 Å². The molecule has 108 valence electrons. The van der Waals surface area contributed by atoms with E-state index in [-0.39, 0.29) is 16.9 Å². The Morgan fingerprint density at radius 1 is 1.52 bits per heavy atom. The van der Waals surface area contributed by atoms with E-state index in [0.717, 1.165) is 0 Å². The summed E-state index contributed by atoms with van der Waals surface area (Å²) >= 11 is 0. The molecule has 0 bridgehead atoms. The molecule has 0 atom stereocenters. The summed E-state index contributed by atoms with van der Waals surface area (Å²) in [5.74, 6) is 0. The molecule has 1 N–H and O–H groups in total. The number of nitro benzene ring substituents is 1. The van der Waals surface area contributed by atoms with E-state index in [9.17, 15) is 10.1 Å². The number of benzene rings is 1. The van der Waals surface area contributed by atoms with E-state index in [2.05, 4.69) is 15.6 Å². The molecule has 8 heteroatoms. The quantitative estimate of drug-likeness (QED) is 0.659. The van der Waals surface area contributed by atoms with Crippen LogP contribution in [0.1, 0.15) is 25.1 Å². The van der Waals surface area contributed by atoms with E-state index in [1.54, 1.807) is 6.20 Å². The molecule has 0 fully saturated rings. The second kappa shape index (κ2) is 6.11. The van der Waals surface area contributed by atoms with Gasteiger partial charge >= 0.3 is 0 Å². The lowest BCUT2D eigenvalue weighted by molar-refractivity contribution is -0.384. The predicted molar refractivity (Wildman–Crippen MR) is 74.7 cm³/mol. The summed E-state index contributed by atoms with van der Waals surface area (Å²) in [6.45, 7) is 4.55. The SMILES string of the molecule is CC(C)NCc1cn(-c2ccc(C#N)cc2[N+](=O)[O-])nn1. The van der Waals surface area contributed by atoms with Crippen molar-refractivity contribution in [3.05, 3.63) is 45.8 Å². The van der Waals surface area contributed by atoms with Crippen LogP contribution in [0.3, 0.4) is 0 Å². The van der Waals surface area contributed by atoms with Gasteiger partial charge in [-0.1, -0.05) is 19.1 Å². The highest BCUT2D eigenvalue weighted by molar-refractivity contribution is 5.55. The Morgan fingerprint density at radius 2 is 2.29 bits per heavy atom. The van der Waals surface area contributed by atoms with Gasteiger partial charge in [-0.05, 0) is 12.1 Å². The van der Waals surface area contributed by atoms with Crippen molar-refractivity contribution in [3.8, 4) is 11.8 Å². The standard InChI is InChI=1S/C13H14N6O2/c1-9(2)15-7-11-8-18(17-16-11)12-4-3-10(6-14)5-13(12)19(20)21/h3-5,8-9,15H,7H2,1-2H3. The molecular formula is C13H14N6O2. The number of nitrogens with one attached hydrogen (secondary N) is 1. The Hall–Kier alpha value is -2.79. The summed E-state index contributed by atoms with van der Waals surface area (Å²) in [6, 6.07) is 6.41. The Kier molecular flexibility index (Phi) is 4.25. The third kappa shape index (κ3) is 3.40. The van der Waals surface area contributed by atoms with Crippen molar-refractivity contribution in [2.24, 2.45) is 0 Å². The van der Waals surface area contributed by atoms with Crippen molar-refractivity contribution in [3.63, 3.8) is 0 Å². The van der Waals surface area contributed by atoms with Crippen LogP contribution in [-0.2, 0) is 6.54 Å². The highest BCUT2D eigenvalue weighted by Crippen LogP contribution is 2.23. The van der Waals surface area contributed by atoms with Crippen molar-refractivity contribution >= 4 is 5.69 Å². The summed E-state index contributed by atoms with van der Waals surface area (Å²) in [7, 11) is 0. The van der Waals surface area contributed by atoms with Crippen molar-refractivity contribution in [1.82, 2.24) is 20.3 Å².